The molecule has 0 N–H and O–H groups in total. The van der Waals surface area contributed by atoms with Crippen LogP contribution in [0.5, 0.6) is 0 Å². The molecular weight excluding hydrogens is 317 g/mol. The van der Waals surface area contributed by atoms with Crippen LogP contribution in [0.3, 0.4) is 0 Å². The number of halogens is 4. The van der Waals surface area contributed by atoms with Gasteiger partial charge in [-0.25, -0.2) is 13.2 Å². The Kier molecular flexibility index (Phi) is 4.30. The molecule has 0 spiro atoms. The maximum absolute atomic E-state index is 13.6. The highest BCUT2D eigenvalue weighted by Crippen LogP contribution is 2.30. The first-order chi connectivity index (χ1) is 8.99. The summed E-state index contributed by atoms with van der Waals surface area (Å²) < 4.78 is 39.7. The lowest BCUT2D eigenvalue weighted by Crippen LogP contribution is -2.02. The second kappa shape index (κ2) is 5.78. The Balaban J connectivity index is 2.25. The lowest BCUT2D eigenvalue weighted by atomic mass is 10.00. The molecule has 100 valence electrons. The van der Waals surface area contributed by atoms with Crippen molar-refractivity contribution >= 4 is 15.9 Å². The van der Waals surface area contributed by atoms with Crippen molar-refractivity contribution in [3.8, 4) is 0 Å². The van der Waals surface area contributed by atoms with Gasteiger partial charge in [-0.1, -0.05) is 34.1 Å². The van der Waals surface area contributed by atoms with Crippen molar-refractivity contribution in [2.24, 2.45) is 0 Å². The molecule has 0 aliphatic heterocycles. The average Bonchev–Trinajstić information content (AvgIpc) is 2.34. The lowest BCUT2D eigenvalue weighted by molar-refractivity contribution is 0.498. The largest absolute Gasteiger partial charge is 0.207 e. The fourth-order valence-electron chi connectivity index (χ4n) is 2.00. The molecule has 0 saturated carbocycles. The van der Waals surface area contributed by atoms with Crippen LogP contribution in [0.15, 0.2) is 36.4 Å². The summed E-state index contributed by atoms with van der Waals surface area (Å²) in [4.78, 5) is -0.190. The zero-order chi connectivity index (χ0) is 14.0. The number of alkyl halides is 1. The van der Waals surface area contributed by atoms with Gasteiger partial charge in [-0.3, -0.25) is 0 Å². The number of aryl methyl sites for hydroxylation is 1. The van der Waals surface area contributed by atoms with E-state index in [2.05, 4.69) is 15.9 Å². The van der Waals surface area contributed by atoms with Crippen molar-refractivity contribution in [3.63, 3.8) is 0 Å². The Bertz CT molecular complexity index is 596. The molecule has 0 aromatic heterocycles. The van der Waals surface area contributed by atoms with Crippen LogP contribution in [0.2, 0.25) is 0 Å². The van der Waals surface area contributed by atoms with E-state index in [0.717, 1.165) is 17.2 Å². The molecule has 2 aromatic rings. The van der Waals surface area contributed by atoms with Gasteiger partial charge in [0.15, 0.2) is 11.6 Å². The van der Waals surface area contributed by atoms with Crippen molar-refractivity contribution in [1.82, 2.24) is 0 Å². The minimum atomic E-state index is -0.854. The van der Waals surface area contributed by atoms with Crippen LogP contribution in [0.1, 0.15) is 21.5 Å². The molecule has 0 aliphatic rings. The SMILES string of the molecule is Cc1cc(F)ccc1C(Br)Cc1cccc(F)c1F. The molecule has 1 atom stereocenters. The van der Waals surface area contributed by atoms with Crippen LogP contribution in [0, 0.1) is 24.4 Å². The van der Waals surface area contributed by atoms with Crippen LogP contribution >= 0.6 is 15.9 Å². The summed E-state index contributed by atoms with van der Waals surface area (Å²) in [7, 11) is 0. The molecule has 2 rings (SSSR count). The maximum Gasteiger partial charge on any atom is 0.162 e. The first-order valence-electron chi connectivity index (χ1n) is 5.82. The number of rotatable bonds is 3. The normalized spacial score (nSPS) is 12.5. The molecule has 1 unspecified atom stereocenters. The smallest absolute Gasteiger partial charge is 0.162 e. The van der Waals surface area contributed by atoms with Crippen LogP contribution in [0.4, 0.5) is 13.2 Å². The zero-order valence-electron chi connectivity index (χ0n) is 10.3. The second-order valence-electron chi connectivity index (χ2n) is 4.39. The molecule has 0 aliphatic carbocycles. The average molecular weight is 329 g/mol. The van der Waals surface area contributed by atoms with Crippen molar-refractivity contribution in [1.29, 1.82) is 0 Å². The summed E-state index contributed by atoms with van der Waals surface area (Å²) in [5, 5.41) is 0. The Morgan fingerprint density at radius 1 is 1.11 bits per heavy atom. The van der Waals surface area contributed by atoms with E-state index >= 15 is 0 Å². The van der Waals surface area contributed by atoms with E-state index in [4.69, 9.17) is 0 Å². The van der Waals surface area contributed by atoms with Gasteiger partial charge in [-0.05, 0) is 48.2 Å². The first kappa shape index (κ1) is 14.1. The fourth-order valence-corrected chi connectivity index (χ4v) is 2.86. The number of hydrogen-bond donors (Lipinski definition) is 0. The highest BCUT2D eigenvalue weighted by atomic mass is 79.9. The second-order valence-corrected chi connectivity index (χ2v) is 5.49. The molecule has 0 saturated heterocycles. The van der Waals surface area contributed by atoms with Gasteiger partial charge in [0.2, 0.25) is 0 Å². The molecule has 0 heterocycles. The molecule has 0 radical (unpaired) electrons. The summed E-state index contributed by atoms with van der Waals surface area (Å²) >= 11 is 3.45. The molecule has 0 bridgehead atoms. The molecule has 0 fully saturated rings. The minimum absolute atomic E-state index is 0.190. The van der Waals surface area contributed by atoms with Gasteiger partial charge >= 0.3 is 0 Å². The standard InChI is InChI=1S/C15H12BrF3/c1-9-7-11(17)5-6-12(9)13(16)8-10-3-2-4-14(18)15(10)19/h2-7,13H,8H2,1H3. The van der Waals surface area contributed by atoms with Gasteiger partial charge in [0, 0.05) is 4.83 Å². The van der Waals surface area contributed by atoms with E-state index in [-0.39, 0.29) is 10.6 Å². The van der Waals surface area contributed by atoms with E-state index in [1.54, 1.807) is 19.1 Å². The van der Waals surface area contributed by atoms with Crippen molar-refractivity contribution in [2.45, 2.75) is 18.2 Å². The summed E-state index contributed by atoms with van der Waals surface area (Å²) in [5.41, 5.74) is 1.94. The Morgan fingerprint density at radius 3 is 2.53 bits per heavy atom. The molecular formula is C15H12BrF3. The van der Waals surface area contributed by atoms with Gasteiger partial charge in [0.05, 0.1) is 0 Å². The Hall–Kier alpha value is -1.29. The van der Waals surface area contributed by atoms with E-state index in [1.165, 1.54) is 18.2 Å². The minimum Gasteiger partial charge on any atom is -0.207 e. The number of hydrogen-bond acceptors (Lipinski definition) is 0. The van der Waals surface area contributed by atoms with E-state index in [1.807, 2.05) is 0 Å². The predicted molar refractivity (Wildman–Crippen MR) is 72.9 cm³/mol. The summed E-state index contributed by atoms with van der Waals surface area (Å²) in [6.45, 7) is 1.79. The third-order valence-corrected chi connectivity index (χ3v) is 3.82. The van der Waals surface area contributed by atoms with Gasteiger partial charge in [0.1, 0.15) is 5.82 Å². The highest BCUT2D eigenvalue weighted by Gasteiger charge is 2.15. The lowest BCUT2D eigenvalue weighted by Gasteiger charge is -2.14. The summed E-state index contributed by atoms with van der Waals surface area (Å²) in [5.74, 6) is -1.99. The summed E-state index contributed by atoms with van der Waals surface area (Å²) in [6, 6.07) is 8.55. The topological polar surface area (TPSA) is 0 Å². The molecule has 0 amide bonds. The van der Waals surface area contributed by atoms with Crippen LogP contribution in [-0.4, -0.2) is 0 Å². The van der Waals surface area contributed by atoms with Crippen LogP contribution < -0.4 is 0 Å². The van der Waals surface area contributed by atoms with Crippen LogP contribution in [0.25, 0.3) is 0 Å². The predicted octanol–water partition coefficient (Wildman–Crippen LogP) is 5.09. The van der Waals surface area contributed by atoms with Gasteiger partial charge in [-0.2, -0.15) is 0 Å². The van der Waals surface area contributed by atoms with Gasteiger partial charge in [0.25, 0.3) is 0 Å². The van der Waals surface area contributed by atoms with Gasteiger partial charge < -0.3 is 0 Å². The third kappa shape index (κ3) is 3.18. The van der Waals surface area contributed by atoms with Crippen molar-refractivity contribution in [3.05, 3.63) is 70.5 Å². The maximum atomic E-state index is 13.6. The Morgan fingerprint density at radius 2 is 1.84 bits per heavy atom. The third-order valence-electron chi connectivity index (χ3n) is 3.00. The molecule has 4 heteroatoms. The molecule has 2 aromatic carbocycles. The Labute approximate surface area is 118 Å². The molecule has 19 heavy (non-hydrogen) atoms. The zero-order valence-corrected chi connectivity index (χ0v) is 11.8. The summed E-state index contributed by atoms with van der Waals surface area (Å²) in [6.07, 6.45) is 0.302. The highest BCUT2D eigenvalue weighted by molar-refractivity contribution is 9.09. The fraction of sp³-hybridized carbons (Fsp3) is 0.200. The van der Waals surface area contributed by atoms with E-state index < -0.39 is 11.6 Å². The quantitative estimate of drug-likeness (QED) is 0.688. The monoisotopic (exact) mass is 328 g/mol. The van der Waals surface area contributed by atoms with E-state index in [9.17, 15) is 13.2 Å². The van der Waals surface area contributed by atoms with Crippen molar-refractivity contribution < 1.29 is 13.2 Å². The molecule has 0 nitrogen and oxygen atoms in total. The first-order valence-corrected chi connectivity index (χ1v) is 6.73. The number of benzene rings is 2. The van der Waals surface area contributed by atoms with E-state index in [0.29, 0.717) is 12.0 Å². The van der Waals surface area contributed by atoms with Gasteiger partial charge in [-0.15, -0.1) is 0 Å². The van der Waals surface area contributed by atoms with Crippen LogP contribution in [-0.2, 0) is 6.42 Å². The van der Waals surface area contributed by atoms with Crippen molar-refractivity contribution in [2.75, 3.05) is 0 Å².